The number of rotatable bonds is 11. The van der Waals surface area contributed by atoms with Crippen LogP contribution in [0.4, 0.5) is 13.2 Å². The lowest BCUT2D eigenvalue weighted by molar-refractivity contribution is -0.136. The number of benzene rings is 2. The maximum Gasteiger partial charge on any atom is 0.274 e. The van der Waals surface area contributed by atoms with Gasteiger partial charge in [-0.15, -0.1) is 12.3 Å². The number of amides is 1. The standard InChI is InChI=1S/C23H29F2N3O3.C10H11FO2.C3H4/c1-6-16(9-7-8-10-27-13-23(3,30)14-27)26(4)28-21(15(2)22(28)29)20-18(24)11-17(31-5)12-19(20)25;1-7(12)9-3-5-10(6-4-9)13-8(2)11;1-3-2/h7-9,11-12,30H,6,10,13-14H2,1-5H3;3-6,8H,1-2H3;1H,2H3/b8-7-,16-9+;;. The number of ketones is 1. The Labute approximate surface area is 275 Å². The van der Waals surface area contributed by atoms with Crippen molar-refractivity contribution in [1.29, 1.82) is 0 Å². The molecule has 47 heavy (non-hydrogen) atoms. The number of ether oxygens (including phenoxy) is 2. The van der Waals surface area contributed by atoms with Gasteiger partial charge < -0.3 is 14.6 Å². The van der Waals surface area contributed by atoms with Gasteiger partial charge in [0, 0.05) is 62.6 Å². The molecule has 254 valence electrons. The smallest absolute Gasteiger partial charge is 0.274 e. The molecule has 0 aromatic heterocycles. The first kappa shape index (κ1) is 38.7. The molecule has 1 fully saturated rings. The van der Waals surface area contributed by atoms with E-state index in [9.17, 15) is 27.9 Å². The molecule has 2 aliphatic rings. The molecule has 2 aromatic rings. The maximum atomic E-state index is 14.6. The van der Waals surface area contributed by atoms with E-state index in [0.29, 0.717) is 42.9 Å². The summed E-state index contributed by atoms with van der Waals surface area (Å²) in [6.07, 6.45) is 9.61. The molecule has 1 unspecified atom stereocenters. The summed E-state index contributed by atoms with van der Waals surface area (Å²) in [7, 11) is 3.03. The summed E-state index contributed by atoms with van der Waals surface area (Å²) in [6, 6.07) is 8.58. The average molecular weight is 656 g/mol. The fraction of sp³-hybridized carbons (Fsp3) is 0.389. The molecule has 1 amide bonds. The molecule has 2 aliphatic heterocycles. The Morgan fingerprint density at radius 1 is 1.19 bits per heavy atom. The fourth-order valence-corrected chi connectivity index (χ4v) is 4.92. The number of nitrogens with zero attached hydrogens (tertiary/aromatic N) is 3. The van der Waals surface area contributed by atoms with Crippen molar-refractivity contribution in [2.24, 2.45) is 0 Å². The third-order valence-electron chi connectivity index (χ3n) is 7.12. The maximum absolute atomic E-state index is 14.6. The number of carbonyl (C=O) groups excluding carboxylic acids is 2. The third-order valence-corrected chi connectivity index (χ3v) is 7.12. The minimum atomic E-state index is -1.33. The number of terminal acetylenes is 1. The van der Waals surface area contributed by atoms with Crippen molar-refractivity contribution < 1.29 is 37.3 Å². The highest BCUT2D eigenvalue weighted by Crippen LogP contribution is 2.39. The van der Waals surface area contributed by atoms with Crippen molar-refractivity contribution >= 4 is 17.4 Å². The number of methoxy groups -OCH3 is 1. The summed E-state index contributed by atoms with van der Waals surface area (Å²) in [5, 5.41) is 12.7. The molecule has 2 aromatic carbocycles. The molecule has 4 rings (SSSR count). The topological polar surface area (TPSA) is 82.5 Å². The van der Waals surface area contributed by atoms with Gasteiger partial charge in [0.05, 0.1) is 24.0 Å². The van der Waals surface area contributed by atoms with Crippen molar-refractivity contribution in [1.82, 2.24) is 14.9 Å². The molecule has 2 heterocycles. The van der Waals surface area contributed by atoms with Crippen molar-refractivity contribution in [2.45, 2.75) is 59.9 Å². The van der Waals surface area contributed by atoms with E-state index < -0.39 is 23.6 Å². The predicted molar refractivity (Wildman–Crippen MR) is 177 cm³/mol. The van der Waals surface area contributed by atoms with Gasteiger partial charge in [-0.1, -0.05) is 19.1 Å². The second kappa shape index (κ2) is 17.4. The summed E-state index contributed by atoms with van der Waals surface area (Å²) in [4.78, 5) is 25.5. The Morgan fingerprint density at radius 3 is 2.19 bits per heavy atom. The number of alkyl halides is 1. The molecule has 1 atom stereocenters. The molecular weight excluding hydrogens is 611 g/mol. The van der Waals surface area contributed by atoms with E-state index in [1.165, 1.54) is 26.0 Å². The summed E-state index contributed by atoms with van der Waals surface area (Å²) >= 11 is 0. The van der Waals surface area contributed by atoms with Crippen molar-refractivity contribution in [3.05, 3.63) is 88.7 Å². The van der Waals surface area contributed by atoms with Gasteiger partial charge >= 0.3 is 0 Å². The van der Waals surface area contributed by atoms with Crippen LogP contribution in [-0.4, -0.2) is 77.5 Å². The van der Waals surface area contributed by atoms with Crippen LogP contribution in [0.3, 0.4) is 0 Å². The quantitative estimate of drug-likeness (QED) is 0.167. The molecule has 0 saturated carbocycles. The fourth-order valence-electron chi connectivity index (χ4n) is 4.92. The number of hydrogen-bond acceptors (Lipinski definition) is 7. The predicted octanol–water partition coefficient (Wildman–Crippen LogP) is 6.53. The highest BCUT2D eigenvalue weighted by molar-refractivity contribution is 6.13. The van der Waals surface area contributed by atoms with E-state index in [4.69, 9.17) is 9.47 Å². The third kappa shape index (κ3) is 10.5. The lowest BCUT2D eigenvalue weighted by Gasteiger charge is -2.43. The first-order valence-electron chi connectivity index (χ1n) is 15.0. The van der Waals surface area contributed by atoms with Crippen LogP contribution in [0, 0.1) is 24.0 Å². The minimum absolute atomic E-state index is 0.0140. The first-order valence-corrected chi connectivity index (χ1v) is 15.0. The number of Topliss-reactive ketones (excluding diaryl/α,β-unsaturated/α-hetero) is 1. The van der Waals surface area contributed by atoms with Crippen LogP contribution in [0.25, 0.3) is 5.70 Å². The van der Waals surface area contributed by atoms with E-state index in [0.717, 1.165) is 17.8 Å². The normalized spacial score (nSPS) is 16.1. The Balaban J connectivity index is 0.000000398. The lowest BCUT2D eigenvalue weighted by Crippen LogP contribution is -2.59. The number of hydrogen-bond donors (Lipinski definition) is 1. The monoisotopic (exact) mass is 655 g/mol. The highest BCUT2D eigenvalue weighted by Gasteiger charge is 2.40. The molecule has 0 aliphatic carbocycles. The van der Waals surface area contributed by atoms with Crippen molar-refractivity contribution in [3.8, 4) is 23.8 Å². The molecule has 0 spiro atoms. The van der Waals surface area contributed by atoms with E-state index in [1.54, 1.807) is 50.2 Å². The zero-order valence-corrected chi connectivity index (χ0v) is 28.2. The molecule has 0 bridgehead atoms. The van der Waals surface area contributed by atoms with Gasteiger partial charge in [-0.25, -0.2) is 18.2 Å². The summed E-state index contributed by atoms with van der Waals surface area (Å²) in [6.45, 7) is 11.7. The van der Waals surface area contributed by atoms with E-state index in [-0.39, 0.29) is 28.7 Å². The zero-order valence-electron chi connectivity index (χ0n) is 28.2. The number of likely N-dealkylation sites (tertiary alicyclic amines) is 1. The summed E-state index contributed by atoms with van der Waals surface area (Å²) in [5.74, 6) is 0.859. The highest BCUT2D eigenvalue weighted by atomic mass is 19.1. The molecule has 0 radical (unpaired) electrons. The Morgan fingerprint density at radius 2 is 1.74 bits per heavy atom. The molecule has 1 N–H and O–H groups in total. The van der Waals surface area contributed by atoms with E-state index in [1.807, 2.05) is 32.1 Å². The second-order valence-corrected chi connectivity index (χ2v) is 11.2. The number of aliphatic hydroxyl groups is 1. The average Bonchev–Trinajstić information content (AvgIpc) is 2.99. The van der Waals surface area contributed by atoms with Gasteiger partial charge in [0.15, 0.2) is 5.78 Å². The molecule has 1 saturated heterocycles. The summed E-state index contributed by atoms with van der Waals surface area (Å²) < 4.78 is 51.3. The number of β-amino-alcohol motifs (C(OH)–C–C–N with tert-alkyl or cyclic N) is 1. The summed E-state index contributed by atoms with van der Waals surface area (Å²) in [5.41, 5.74) is 1.05. The minimum Gasteiger partial charge on any atom is -0.497 e. The number of allylic oxidation sites excluding steroid dienone is 3. The van der Waals surface area contributed by atoms with Gasteiger partial charge in [-0.05, 0) is 64.5 Å². The van der Waals surface area contributed by atoms with E-state index >= 15 is 0 Å². The van der Waals surface area contributed by atoms with Crippen LogP contribution in [0.1, 0.15) is 63.9 Å². The lowest BCUT2D eigenvalue weighted by atomic mass is 9.97. The van der Waals surface area contributed by atoms with Gasteiger partial charge in [0.2, 0.25) is 6.36 Å². The second-order valence-electron chi connectivity index (χ2n) is 11.2. The van der Waals surface area contributed by atoms with Crippen LogP contribution in [0.15, 0.2) is 65.9 Å². The number of hydrazine groups is 1. The van der Waals surface area contributed by atoms with Crippen LogP contribution < -0.4 is 9.47 Å². The molecule has 8 nitrogen and oxygen atoms in total. The van der Waals surface area contributed by atoms with Gasteiger partial charge in [0.1, 0.15) is 23.1 Å². The SMILES string of the molecule is C#CC.CC(=O)c1ccc(OC(C)F)cc1.CC/C(=C\C=C/CN1CC(C)(O)C1)N(C)N1C(=O)C(C)=C1c1c(F)cc(OC)cc1F. The van der Waals surface area contributed by atoms with Crippen LogP contribution >= 0.6 is 0 Å². The van der Waals surface area contributed by atoms with Crippen molar-refractivity contribution in [2.75, 3.05) is 33.8 Å². The van der Waals surface area contributed by atoms with Gasteiger partial charge in [-0.3, -0.25) is 19.5 Å². The Hall–Kier alpha value is -4.53. The number of carbonyl (C=O) groups is 2. The Kier molecular flexibility index (Phi) is 14.3. The van der Waals surface area contributed by atoms with Gasteiger partial charge in [-0.2, -0.15) is 0 Å². The Bertz CT molecular complexity index is 1510. The molecule has 11 heteroatoms. The first-order chi connectivity index (χ1) is 22.1. The van der Waals surface area contributed by atoms with E-state index in [2.05, 4.69) is 17.2 Å². The van der Waals surface area contributed by atoms with Crippen LogP contribution in [0.5, 0.6) is 11.5 Å². The molecular formula is C36H44F3N3O5. The number of halogens is 3. The van der Waals surface area contributed by atoms with Crippen LogP contribution in [0.2, 0.25) is 0 Å². The van der Waals surface area contributed by atoms with Crippen molar-refractivity contribution in [3.63, 3.8) is 0 Å². The largest absolute Gasteiger partial charge is 0.497 e. The van der Waals surface area contributed by atoms with Crippen LogP contribution in [-0.2, 0) is 4.79 Å². The zero-order chi connectivity index (χ0) is 35.5. The van der Waals surface area contributed by atoms with Gasteiger partial charge in [0.25, 0.3) is 5.91 Å².